The van der Waals surface area contributed by atoms with Crippen molar-refractivity contribution in [2.75, 3.05) is 6.61 Å². The molecular weight excluding hydrogens is 396 g/mol. The lowest BCUT2D eigenvalue weighted by Gasteiger charge is -2.11. The number of rotatable bonds is 6. The zero-order valence-corrected chi connectivity index (χ0v) is 16.7. The lowest BCUT2D eigenvalue weighted by Crippen LogP contribution is -2.28. The van der Waals surface area contributed by atoms with Gasteiger partial charge in [0.15, 0.2) is 6.61 Å². The Labute approximate surface area is 167 Å². The van der Waals surface area contributed by atoms with Gasteiger partial charge in [0.25, 0.3) is 5.91 Å². The van der Waals surface area contributed by atoms with Crippen molar-refractivity contribution in [2.45, 2.75) is 25.3 Å². The van der Waals surface area contributed by atoms with Crippen LogP contribution in [-0.4, -0.2) is 20.9 Å². The number of carbonyl (C=O) groups is 1. The number of hydrogen-bond donors (Lipinski definition) is 2. The maximum absolute atomic E-state index is 12.1. The van der Waals surface area contributed by atoms with E-state index in [0.29, 0.717) is 22.5 Å². The highest BCUT2D eigenvalue weighted by Crippen LogP contribution is 2.28. The van der Waals surface area contributed by atoms with E-state index in [1.807, 2.05) is 6.92 Å². The summed E-state index contributed by atoms with van der Waals surface area (Å²) in [5, 5.41) is 8.54. The number of fused-ring (bicyclic) bond motifs is 1. The molecule has 29 heavy (non-hydrogen) atoms. The third kappa shape index (κ3) is 4.82. The Morgan fingerprint density at radius 3 is 2.48 bits per heavy atom. The first-order valence-electron chi connectivity index (χ1n) is 8.70. The van der Waals surface area contributed by atoms with E-state index in [0.717, 1.165) is 10.9 Å². The molecule has 3 rings (SSSR count). The van der Waals surface area contributed by atoms with Gasteiger partial charge < -0.3 is 14.5 Å². The lowest BCUT2D eigenvalue weighted by molar-refractivity contribution is -0.123. The third-order valence-corrected chi connectivity index (χ3v) is 5.35. The minimum Gasteiger partial charge on any atom is -0.483 e. The van der Waals surface area contributed by atoms with Crippen LogP contribution in [0.3, 0.4) is 0 Å². The first kappa shape index (κ1) is 20.6. The second-order valence-electron chi connectivity index (χ2n) is 6.57. The van der Waals surface area contributed by atoms with Crippen molar-refractivity contribution in [2.24, 2.45) is 5.14 Å². The van der Waals surface area contributed by atoms with Gasteiger partial charge in [0.2, 0.25) is 10.0 Å². The third-order valence-electron chi connectivity index (χ3n) is 4.42. The maximum atomic E-state index is 12.1. The molecule has 0 saturated heterocycles. The fourth-order valence-corrected chi connectivity index (χ4v) is 3.36. The molecule has 1 heterocycles. The van der Waals surface area contributed by atoms with Crippen molar-refractivity contribution in [3.05, 3.63) is 69.6 Å². The van der Waals surface area contributed by atoms with E-state index >= 15 is 0 Å². The van der Waals surface area contributed by atoms with Crippen LogP contribution in [0.4, 0.5) is 0 Å². The molecule has 0 saturated carbocycles. The highest BCUT2D eigenvalue weighted by atomic mass is 32.2. The van der Waals surface area contributed by atoms with Gasteiger partial charge in [-0.3, -0.25) is 4.79 Å². The van der Waals surface area contributed by atoms with Crippen molar-refractivity contribution in [1.29, 1.82) is 0 Å². The minimum absolute atomic E-state index is 0.00424. The molecule has 0 aliphatic heterocycles. The molecule has 0 radical (unpaired) electrons. The summed E-state index contributed by atoms with van der Waals surface area (Å²) in [5.74, 6) is 0.0876. The Morgan fingerprint density at radius 2 is 1.83 bits per heavy atom. The molecule has 3 aromatic rings. The van der Waals surface area contributed by atoms with E-state index in [-0.39, 0.29) is 24.0 Å². The molecule has 152 valence electrons. The standard InChI is InChI=1S/C20H20N2O6S/c1-12-9-19(24)28-20-13(2)17(8-7-16(12)20)27-11-18(23)22-10-14-3-5-15(6-4-14)29(21,25)26/h3-9H,10-11H2,1-2H3,(H,22,23)(H2,21,25,26). The molecule has 0 bridgehead atoms. The van der Waals surface area contributed by atoms with Gasteiger partial charge in [-0.25, -0.2) is 18.4 Å². The summed E-state index contributed by atoms with van der Waals surface area (Å²) in [4.78, 5) is 23.7. The van der Waals surface area contributed by atoms with Crippen molar-refractivity contribution in [1.82, 2.24) is 5.32 Å². The van der Waals surface area contributed by atoms with Crippen molar-refractivity contribution in [3.8, 4) is 5.75 Å². The van der Waals surface area contributed by atoms with E-state index < -0.39 is 15.6 Å². The van der Waals surface area contributed by atoms with E-state index in [1.165, 1.54) is 18.2 Å². The zero-order valence-electron chi connectivity index (χ0n) is 15.9. The van der Waals surface area contributed by atoms with Gasteiger partial charge in [-0.2, -0.15) is 0 Å². The van der Waals surface area contributed by atoms with Gasteiger partial charge in [-0.15, -0.1) is 0 Å². The van der Waals surface area contributed by atoms with E-state index in [4.69, 9.17) is 14.3 Å². The first-order chi connectivity index (χ1) is 13.6. The lowest BCUT2D eigenvalue weighted by atomic mass is 10.1. The van der Waals surface area contributed by atoms with Gasteiger partial charge in [0, 0.05) is 23.6 Å². The predicted molar refractivity (Wildman–Crippen MR) is 107 cm³/mol. The number of hydrogen-bond acceptors (Lipinski definition) is 6. The number of aryl methyl sites for hydroxylation is 2. The van der Waals surface area contributed by atoms with Crippen LogP contribution < -0.4 is 20.8 Å². The molecule has 9 heteroatoms. The van der Waals surface area contributed by atoms with E-state index in [2.05, 4.69) is 5.32 Å². The SMILES string of the molecule is Cc1cc(=O)oc2c(C)c(OCC(=O)NCc3ccc(S(N)(=O)=O)cc3)ccc12. The molecule has 0 aliphatic rings. The Bertz CT molecular complexity index is 1230. The van der Waals surface area contributed by atoms with Gasteiger partial charge in [0.1, 0.15) is 11.3 Å². The molecule has 8 nitrogen and oxygen atoms in total. The summed E-state index contributed by atoms with van der Waals surface area (Å²) in [6.07, 6.45) is 0. The van der Waals surface area contributed by atoms with Crippen LogP contribution in [-0.2, 0) is 21.4 Å². The summed E-state index contributed by atoms with van der Waals surface area (Å²) in [6.45, 7) is 3.56. The van der Waals surface area contributed by atoms with E-state index in [1.54, 1.807) is 31.2 Å². The molecule has 0 aliphatic carbocycles. The number of benzene rings is 2. The van der Waals surface area contributed by atoms with Crippen LogP contribution in [0.25, 0.3) is 11.0 Å². The predicted octanol–water partition coefficient (Wildman–Crippen LogP) is 1.75. The van der Waals surface area contributed by atoms with Crippen LogP contribution >= 0.6 is 0 Å². The number of carbonyl (C=O) groups excluding carboxylic acids is 1. The molecule has 3 N–H and O–H groups in total. The molecule has 0 atom stereocenters. The summed E-state index contributed by atoms with van der Waals surface area (Å²) in [6, 6.07) is 10.8. The number of nitrogens with two attached hydrogens (primary N) is 1. The normalized spacial score (nSPS) is 11.4. The first-order valence-corrected chi connectivity index (χ1v) is 10.2. The van der Waals surface area contributed by atoms with Crippen LogP contribution in [0.2, 0.25) is 0 Å². The summed E-state index contributed by atoms with van der Waals surface area (Å²) < 4.78 is 33.3. The Hall–Kier alpha value is -3.17. The van der Waals surface area contributed by atoms with Gasteiger partial charge in [0.05, 0.1) is 4.90 Å². The monoisotopic (exact) mass is 416 g/mol. The fraction of sp³-hybridized carbons (Fsp3) is 0.200. The molecule has 0 fully saturated rings. The Kier molecular flexibility index (Phi) is 5.71. The second kappa shape index (κ2) is 8.06. The topological polar surface area (TPSA) is 129 Å². The smallest absolute Gasteiger partial charge is 0.336 e. The van der Waals surface area contributed by atoms with Crippen molar-refractivity contribution >= 4 is 26.9 Å². The largest absolute Gasteiger partial charge is 0.483 e. The fourth-order valence-electron chi connectivity index (χ4n) is 2.85. The number of ether oxygens (including phenoxy) is 1. The minimum atomic E-state index is -3.75. The highest BCUT2D eigenvalue weighted by molar-refractivity contribution is 7.89. The van der Waals surface area contributed by atoms with Crippen LogP contribution in [0.15, 0.2) is 56.6 Å². The number of nitrogens with one attached hydrogen (secondary N) is 1. The van der Waals surface area contributed by atoms with Crippen LogP contribution in [0, 0.1) is 13.8 Å². The number of primary sulfonamides is 1. The quantitative estimate of drug-likeness (QED) is 0.589. The second-order valence-corrected chi connectivity index (χ2v) is 8.13. The highest BCUT2D eigenvalue weighted by Gasteiger charge is 2.12. The van der Waals surface area contributed by atoms with Gasteiger partial charge in [-0.05, 0) is 49.2 Å². The molecular formula is C20H20N2O6S. The van der Waals surface area contributed by atoms with Crippen molar-refractivity contribution in [3.63, 3.8) is 0 Å². The van der Waals surface area contributed by atoms with Crippen molar-refractivity contribution < 1.29 is 22.4 Å². The average Bonchev–Trinajstić information content (AvgIpc) is 2.66. The molecule has 0 spiro atoms. The number of amides is 1. The molecule has 2 aromatic carbocycles. The van der Waals surface area contributed by atoms with Crippen LogP contribution in [0.5, 0.6) is 5.75 Å². The van der Waals surface area contributed by atoms with E-state index in [9.17, 15) is 18.0 Å². The Balaban J connectivity index is 1.62. The van der Waals surface area contributed by atoms with Crippen LogP contribution in [0.1, 0.15) is 16.7 Å². The Morgan fingerprint density at radius 1 is 1.14 bits per heavy atom. The summed E-state index contributed by atoms with van der Waals surface area (Å²) in [7, 11) is -3.75. The molecule has 0 unspecified atom stereocenters. The average molecular weight is 416 g/mol. The zero-order chi connectivity index (χ0) is 21.2. The number of sulfonamides is 1. The van der Waals surface area contributed by atoms with Gasteiger partial charge in [-0.1, -0.05) is 12.1 Å². The summed E-state index contributed by atoms with van der Waals surface area (Å²) >= 11 is 0. The summed E-state index contributed by atoms with van der Waals surface area (Å²) in [5.41, 5.74) is 2.14. The molecule has 1 amide bonds. The molecule has 1 aromatic heterocycles. The van der Waals surface area contributed by atoms with Gasteiger partial charge >= 0.3 is 5.63 Å². The maximum Gasteiger partial charge on any atom is 0.336 e.